The lowest BCUT2D eigenvalue weighted by Gasteiger charge is -2.30. The van der Waals surface area contributed by atoms with Gasteiger partial charge in [-0.3, -0.25) is 0 Å². The molecule has 4 nitrogen and oxygen atoms in total. The van der Waals surface area contributed by atoms with Crippen LogP contribution in [0, 0.1) is 22.7 Å². The first-order valence-corrected chi connectivity index (χ1v) is 9.96. The molecule has 26 heavy (non-hydrogen) atoms. The van der Waals surface area contributed by atoms with Gasteiger partial charge in [-0.05, 0) is 35.4 Å². The second kappa shape index (κ2) is 11.1. The largest absolute Gasteiger partial charge is 0.307 e. The van der Waals surface area contributed by atoms with Gasteiger partial charge in [-0.15, -0.1) is 0 Å². The molecule has 2 N–H and O–H groups in total. The van der Waals surface area contributed by atoms with Crippen molar-refractivity contribution in [1.82, 2.24) is 10.6 Å². The molecular formula is C20H20Br2N4. The zero-order valence-corrected chi connectivity index (χ0v) is 17.4. The van der Waals surface area contributed by atoms with Crippen LogP contribution in [-0.2, 0) is 0 Å². The fraction of sp³-hybridized carbons (Fsp3) is 0.300. The summed E-state index contributed by atoms with van der Waals surface area (Å²) in [7, 11) is 0. The van der Waals surface area contributed by atoms with Crippen LogP contribution in [0.1, 0.15) is 36.1 Å². The van der Waals surface area contributed by atoms with Crippen molar-refractivity contribution in [3.05, 3.63) is 68.6 Å². The predicted octanol–water partition coefficient (Wildman–Crippen LogP) is 5.00. The summed E-state index contributed by atoms with van der Waals surface area (Å²) in [5, 5.41) is 24.8. The Morgan fingerprint density at radius 3 is 1.35 bits per heavy atom. The third kappa shape index (κ3) is 6.23. The van der Waals surface area contributed by atoms with E-state index in [0.717, 1.165) is 20.1 Å². The highest BCUT2D eigenvalue weighted by atomic mass is 79.9. The van der Waals surface area contributed by atoms with Gasteiger partial charge in [-0.1, -0.05) is 56.1 Å². The van der Waals surface area contributed by atoms with Crippen molar-refractivity contribution in [2.45, 2.75) is 24.9 Å². The molecule has 2 rings (SSSR count). The van der Waals surface area contributed by atoms with Crippen LogP contribution in [0.4, 0.5) is 0 Å². The Bertz CT molecular complexity index is 693. The summed E-state index contributed by atoms with van der Waals surface area (Å²) in [6.07, 6.45) is 0.885. The van der Waals surface area contributed by atoms with Crippen molar-refractivity contribution < 1.29 is 0 Å². The van der Waals surface area contributed by atoms with Gasteiger partial charge in [0.25, 0.3) is 0 Å². The van der Waals surface area contributed by atoms with Crippen molar-refractivity contribution in [2.75, 3.05) is 13.1 Å². The molecule has 0 aliphatic heterocycles. The van der Waals surface area contributed by atoms with Gasteiger partial charge in [0.15, 0.2) is 0 Å². The maximum atomic E-state index is 8.89. The lowest BCUT2D eigenvalue weighted by atomic mass is 9.93. The molecule has 2 aromatic rings. The average molecular weight is 476 g/mol. The van der Waals surface area contributed by atoms with Crippen LogP contribution in [0.25, 0.3) is 0 Å². The monoisotopic (exact) mass is 474 g/mol. The van der Waals surface area contributed by atoms with Gasteiger partial charge in [-0.25, -0.2) is 0 Å². The second-order valence-electron chi connectivity index (χ2n) is 5.78. The number of nitrogens with one attached hydrogen (secondary N) is 2. The molecule has 0 bridgehead atoms. The number of nitrogens with zero attached hydrogens (tertiary/aromatic N) is 2. The number of hydrogen-bond acceptors (Lipinski definition) is 4. The summed E-state index contributed by atoms with van der Waals surface area (Å²) >= 11 is 6.96. The number of hydrogen-bond donors (Lipinski definition) is 2. The molecule has 0 aliphatic carbocycles. The van der Waals surface area contributed by atoms with Crippen molar-refractivity contribution >= 4 is 31.9 Å². The first-order chi connectivity index (χ1) is 12.7. The molecule has 6 heteroatoms. The van der Waals surface area contributed by atoms with Crippen LogP contribution < -0.4 is 10.6 Å². The standard InChI is InChI=1S/C20H20Br2N4/c21-17-7-3-15(4-8-17)19(25-13-1-11-23)20(26-14-2-12-24)16-5-9-18(22)10-6-16/h3-10,19-20,25-26H,1-2,13-14H2/t19-,20-/m1/s1. The smallest absolute Gasteiger partial charge is 0.0635 e. The first-order valence-electron chi connectivity index (χ1n) is 8.37. The molecule has 0 radical (unpaired) electrons. The summed E-state index contributed by atoms with van der Waals surface area (Å²) in [5.41, 5.74) is 2.26. The Morgan fingerprint density at radius 2 is 1.04 bits per heavy atom. The minimum atomic E-state index is -0.0173. The molecule has 0 amide bonds. The number of rotatable bonds is 9. The van der Waals surface area contributed by atoms with Gasteiger partial charge in [0.2, 0.25) is 0 Å². The minimum absolute atomic E-state index is 0.0173. The molecule has 0 spiro atoms. The van der Waals surface area contributed by atoms with Crippen molar-refractivity contribution in [2.24, 2.45) is 0 Å². The van der Waals surface area contributed by atoms with Crippen molar-refractivity contribution in [3.63, 3.8) is 0 Å². The van der Waals surface area contributed by atoms with Crippen molar-refractivity contribution in [1.29, 1.82) is 10.5 Å². The molecule has 0 aliphatic rings. The average Bonchev–Trinajstić information content (AvgIpc) is 2.65. The highest BCUT2D eigenvalue weighted by Gasteiger charge is 2.24. The van der Waals surface area contributed by atoms with E-state index in [0.29, 0.717) is 25.9 Å². The van der Waals surface area contributed by atoms with E-state index in [1.807, 2.05) is 24.3 Å². The van der Waals surface area contributed by atoms with Crippen LogP contribution in [0.15, 0.2) is 57.5 Å². The third-order valence-corrected chi connectivity index (χ3v) is 5.05. The maximum absolute atomic E-state index is 8.89. The van der Waals surface area contributed by atoms with E-state index in [4.69, 9.17) is 10.5 Å². The van der Waals surface area contributed by atoms with Gasteiger partial charge in [0, 0.05) is 34.9 Å². The third-order valence-electron chi connectivity index (χ3n) is 3.99. The Morgan fingerprint density at radius 1 is 0.692 bits per heavy atom. The quantitative estimate of drug-likeness (QED) is 0.500. The molecule has 0 unspecified atom stereocenters. The molecule has 0 saturated heterocycles. The van der Waals surface area contributed by atoms with E-state index in [9.17, 15) is 0 Å². The zero-order chi connectivity index (χ0) is 18.8. The van der Waals surface area contributed by atoms with Crippen LogP contribution in [0.2, 0.25) is 0 Å². The van der Waals surface area contributed by atoms with Crippen LogP contribution >= 0.6 is 31.9 Å². The Balaban J connectivity index is 2.34. The molecule has 134 valence electrons. The minimum Gasteiger partial charge on any atom is -0.307 e. The van der Waals surface area contributed by atoms with Gasteiger partial charge in [0.1, 0.15) is 0 Å². The molecular weight excluding hydrogens is 456 g/mol. The summed E-state index contributed by atoms with van der Waals surface area (Å²) in [5.74, 6) is 0. The topological polar surface area (TPSA) is 71.6 Å². The van der Waals surface area contributed by atoms with E-state index in [1.54, 1.807) is 0 Å². The SMILES string of the molecule is N#CCCN[C@H](c1ccc(Br)cc1)[C@H](NCCC#N)c1ccc(Br)cc1. The van der Waals surface area contributed by atoms with Crippen molar-refractivity contribution in [3.8, 4) is 12.1 Å². The second-order valence-corrected chi connectivity index (χ2v) is 7.61. The van der Waals surface area contributed by atoms with E-state index in [2.05, 4.69) is 78.9 Å². The predicted molar refractivity (Wildman–Crippen MR) is 110 cm³/mol. The van der Waals surface area contributed by atoms with Gasteiger partial charge < -0.3 is 10.6 Å². The summed E-state index contributed by atoms with van der Waals surface area (Å²) < 4.78 is 2.05. The first kappa shape index (κ1) is 20.6. The highest BCUT2D eigenvalue weighted by Crippen LogP contribution is 2.30. The molecule has 0 aromatic heterocycles. The Hall–Kier alpha value is -1.70. The lowest BCUT2D eigenvalue weighted by Crippen LogP contribution is -2.36. The van der Waals surface area contributed by atoms with E-state index < -0.39 is 0 Å². The van der Waals surface area contributed by atoms with Crippen LogP contribution in [-0.4, -0.2) is 13.1 Å². The Labute approximate surface area is 171 Å². The molecule has 0 heterocycles. The number of nitriles is 2. The molecule has 0 fully saturated rings. The summed E-state index contributed by atoms with van der Waals surface area (Å²) in [6, 6.07) is 20.7. The van der Waals surface area contributed by atoms with Crippen LogP contribution in [0.3, 0.4) is 0 Å². The molecule has 2 atom stereocenters. The Kier molecular flexibility index (Phi) is 8.80. The molecule has 0 saturated carbocycles. The summed E-state index contributed by atoms with van der Waals surface area (Å²) in [4.78, 5) is 0. The van der Waals surface area contributed by atoms with E-state index in [1.165, 1.54) is 0 Å². The zero-order valence-electron chi connectivity index (χ0n) is 14.3. The number of benzene rings is 2. The van der Waals surface area contributed by atoms with Gasteiger partial charge in [0.05, 0.1) is 24.2 Å². The van der Waals surface area contributed by atoms with Gasteiger partial charge in [-0.2, -0.15) is 10.5 Å². The van der Waals surface area contributed by atoms with E-state index in [-0.39, 0.29) is 12.1 Å². The summed E-state index contributed by atoms with van der Waals surface area (Å²) in [6.45, 7) is 1.20. The number of halogens is 2. The van der Waals surface area contributed by atoms with E-state index >= 15 is 0 Å². The van der Waals surface area contributed by atoms with Gasteiger partial charge >= 0.3 is 0 Å². The highest BCUT2D eigenvalue weighted by molar-refractivity contribution is 9.10. The fourth-order valence-corrected chi connectivity index (χ4v) is 3.29. The normalized spacial score (nSPS) is 12.8. The van der Waals surface area contributed by atoms with Crippen LogP contribution in [0.5, 0.6) is 0 Å². The maximum Gasteiger partial charge on any atom is 0.0635 e. The molecule has 2 aromatic carbocycles. The lowest BCUT2D eigenvalue weighted by molar-refractivity contribution is 0.390. The fourth-order valence-electron chi connectivity index (χ4n) is 2.76.